The maximum Gasteiger partial charge on any atom is 0.453 e. The Labute approximate surface area is 199 Å². The van der Waals surface area contributed by atoms with E-state index in [4.69, 9.17) is 0 Å². The number of amides is 1. The highest BCUT2D eigenvalue weighted by molar-refractivity contribution is 5.86. The van der Waals surface area contributed by atoms with Crippen molar-refractivity contribution in [3.05, 3.63) is 35.9 Å². The lowest BCUT2D eigenvalue weighted by Gasteiger charge is -2.37. The van der Waals surface area contributed by atoms with Crippen molar-refractivity contribution in [2.45, 2.75) is 31.2 Å². The summed E-state index contributed by atoms with van der Waals surface area (Å²) in [4.78, 5) is 25.9. The van der Waals surface area contributed by atoms with Gasteiger partial charge in [-0.05, 0) is 25.0 Å². The molecule has 2 fully saturated rings. The topological polar surface area (TPSA) is 95.6 Å². The van der Waals surface area contributed by atoms with E-state index in [2.05, 4.69) is 25.3 Å². The van der Waals surface area contributed by atoms with Crippen LogP contribution in [0.15, 0.2) is 24.5 Å². The Morgan fingerprint density at radius 1 is 0.889 bits per heavy atom. The minimum Gasteiger partial charge on any atom is -0.343 e. The fourth-order valence-corrected chi connectivity index (χ4v) is 4.38. The van der Waals surface area contributed by atoms with E-state index in [1.54, 1.807) is 14.7 Å². The molecule has 3 aromatic heterocycles. The molecule has 3 aromatic rings. The Kier molecular flexibility index (Phi) is 5.83. The number of rotatable bonds is 3. The van der Waals surface area contributed by atoms with Crippen molar-refractivity contribution in [2.24, 2.45) is 0 Å². The van der Waals surface area contributed by atoms with Gasteiger partial charge >= 0.3 is 12.4 Å². The van der Waals surface area contributed by atoms with Gasteiger partial charge < -0.3 is 14.7 Å². The second-order valence-corrected chi connectivity index (χ2v) is 8.42. The van der Waals surface area contributed by atoms with Gasteiger partial charge in [0.2, 0.25) is 11.9 Å². The molecule has 1 amide bonds. The van der Waals surface area contributed by atoms with Crippen LogP contribution in [-0.2, 0) is 17.1 Å². The fourth-order valence-electron chi connectivity index (χ4n) is 4.38. The number of nitrogens with zero attached hydrogens (tertiary/aromatic N) is 9. The second kappa shape index (κ2) is 8.74. The molecule has 0 spiro atoms. The summed E-state index contributed by atoms with van der Waals surface area (Å²) < 4.78 is 78.5. The normalized spacial score (nSPS) is 19.4. The largest absolute Gasteiger partial charge is 0.453 e. The summed E-state index contributed by atoms with van der Waals surface area (Å²) in [5.74, 6) is -1.09. The molecule has 0 bridgehead atoms. The number of carbonyl (C=O) groups is 1. The number of anilines is 2. The van der Waals surface area contributed by atoms with Crippen LogP contribution in [0, 0.1) is 0 Å². The van der Waals surface area contributed by atoms with Gasteiger partial charge in [-0.25, -0.2) is 9.97 Å². The molecule has 0 aromatic carbocycles. The molecule has 10 nitrogen and oxygen atoms in total. The summed E-state index contributed by atoms with van der Waals surface area (Å²) in [6.07, 6.45) is -6.65. The number of carbonyl (C=O) groups excluding carboxylic acids is 1. The van der Waals surface area contributed by atoms with E-state index in [0.717, 1.165) is 12.4 Å². The van der Waals surface area contributed by atoms with Gasteiger partial charge in [0.25, 0.3) is 5.82 Å². The highest BCUT2D eigenvalue weighted by Gasteiger charge is 2.39. The van der Waals surface area contributed by atoms with Crippen molar-refractivity contribution in [2.75, 3.05) is 42.5 Å². The highest BCUT2D eigenvalue weighted by Crippen LogP contribution is 2.31. The predicted molar refractivity (Wildman–Crippen MR) is 112 cm³/mol. The van der Waals surface area contributed by atoms with E-state index < -0.39 is 29.8 Å². The van der Waals surface area contributed by atoms with Crippen LogP contribution in [0.2, 0.25) is 0 Å². The number of hydrogen-bond acceptors (Lipinski definition) is 8. The Morgan fingerprint density at radius 3 is 2.22 bits per heavy atom. The van der Waals surface area contributed by atoms with Crippen LogP contribution in [-0.4, -0.2) is 79.4 Å². The van der Waals surface area contributed by atoms with Gasteiger partial charge in [-0.1, -0.05) is 0 Å². The number of fused-ring (bicyclic) bond motifs is 1. The van der Waals surface area contributed by atoms with E-state index in [1.165, 1.54) is 12.1 Å². The molecule has 16 heteroatoms. The van der Waals surface area contributed by atoms with Gasteiger partial charge in [0, 0.05) is 45.1 Å². The summed E-state index contributed by atoms with van der Waals surface area (Å²) in [6, 6.07) is 2.28. The Bertz CT molecular complexity index is 1250. The van der Waals surface area contributed by atoms with Gasteiger partial charge in [0.1, 0.15) is 11.9 Å². The van der Waals surface area contributed by atoms with Crippen molar-refractivity contribution >= 4 is 23.3 Å². The van der Waals surface area contributed by atoms with Gasteiger partial charge in [0.15, 0.2) is 5.65 Å². The summed E-state index contributed by atoms with van der Waals surface area (Å²) in [6.45, 7) is 1.68. The maximum atomic E-state index is 13.3. The minimum atomic E-state index is -4.73. The molecule has 2 aliphatic heterocycles. The zero-order valence-electron chi connectivity index (χ0n) is 18.5. The molecule has 2 aliphatic rings. The molecule has 0 saturated carbocycles. The molecule has 0 unspecified atom stereocenters. The lowest BCUT2D eigenvalue weighted by molar-refractivity contribution is -0.146. The number of alkyl halides is 6. The minimum absolute atomic E-state index is 0.0604. The summed E-state index contributed by atoms with van der Waals surface area (Å²) in [5, 5.41) is 10.7. The average Bonchev–Trinajstić information content (AvgIpc) is 3.50. The molecule has 36 heavy (non-hydrogen) atoms. The van der Waals surface area contributed by atoms with Crippen LogP contribution in [0.4, 0.5) is 38.1 Å². The standard InChI is InChI=1S/C20H19F6N9O/c21-19(22,23)12-10-27-18(28-11-12)33-8-6-32(7-9-33)16(36)13-2-1-5-34(13)15-4-3-14-29-30-17(20(24,25)26)35(14)31-15/h3-4,10-11,13H,1-2,5-9H2/t13-/m0/s1. The molecule has 1 atom stereocenters. The van der Waals surface area contributed by atoms with Gasteiger partial charge in [-0.15, -0.1) is 15.3 Å². The maximum absolute atomic E-state index is 13.3. The molecule has 192 valence electrons. The van der Waals surface area contributed by atoms with E-state index in [1.807, 2.05) is 0 Å². The molecule has 0 aliphatic carbocycles. The lowest BCUT2D eigenvalue weighted by atomic mass is 10.1. The Morgan fingerprint density at radius 2 is 1.58 bits per heavy atom. The van der Waals surface area contributed by atoms with Gasteiger partial charge in [-0.2, -0.15) is 30.9 Å². The first-order valence-corrected chi connectivity index (χ1v) is 11.0. The SMILES string of the molecule is O=C([C@@H]1CCCN1c1ccc2nnc(C(F)(F)F)n2n1)N1CCN(c2ncc(C(F)(F)F)cn2)CC1. The Balaban J connectivity index is 1.27. The predicted octanol–water partition coefficient (Wildman–Crippen LogP) is 2.27. The molecule has 0 N–H and O–H groups in total. The van der Waals surface area contributed by atoms with E-state index in [-0.39, 0.29) is 23.3 Å². The Hall–Kier alpha value is -3.72. The summed E-state index contributed by atoms with van der Waals surface area (Å²) in [7, 11) is 0. The van der Waals surface area contributed by atoms with Crippen LogP contribution in [0.3, 0.4) is 0 Å². The summed E-state index contributed by atoms with van der Waals surface area (Å²) >= 11 is 0. The molecule has 5 heterocycles. The second-order valence-electron chi connectivity index (χ2n) is 8.42. The first-order chi connectivity index (χ1) is 17.0. The van der Waals surface area contributed by atoms with Crippen molar-refractivity contribution in [1.82, 2.24) is 34.7 Å². The fraction of sp³-hybridized carbons (Fsp3) is 0.500. The first kappa shape index (κ1) is 24.0. The lowest BCUT2D eigenvalue weighted by Crippen LogP contribution is -2.54. The third-order valence-electron chi connectivity index (χ3n) is 6.17. The number of aromatic nitrogens is 6. The molecule has 5 rings (SSSR count). The number of piperazine rings is 1. The van der Waals surface area contributed by atoms with Gasteiger partial charge in [0.05, 0.1) is 5.56 Å². The zero-order chi connectivity index (χ0) is 25.7. The first-order valence-electron chi connectivity index (χ1n) is 11.0. The van der Waals surface area contributed by atoms with Crippen LogP contribution in [0.5, 0.6) is 0 Å². The molecular formula is C20H19F6N9O. The van der Waals surface area contributed by atoms with Crippen LogP contribution in [0.25, 0.3) is 5.65 Å². The number of hydrogen-bond donors (Lipinski definition) is 0. The third kappa shape index (κ3) is 4.46. The highest BCUT2D eigenvalue weighted by atomic mass is 19.4. The molecule has 2 saturated heterocycles. The van der Waals surface area contributed by atoms with Gasteiger partial charge in [-0.3, -0.25) is 4.79 Å². The average molecular weight is 515 g/mol. The van der Waals surface area contributed by atoms with Crippen LogP contribution < -0.4 is 9.80 Å². The van der Waals surface area contributed by atoms with Crippen molar-refractivity contribution in [3.8, 4) is 0 Å². The molecular weight excluding hydrogens is 496 g/mol. The number of halogens is 6. The summed E-state index contributed by atoms with van der Waals surface area (Å²) in [5.41, 5.74) is -1.00. The van der Waals surface area contributed by atoms with Crippen molar-refractivity contribution in [3.63, 3.8) is 0 Å². The smallest absolute Gasteiger partial charge is 0.343 e. The monoisotopic (exact) mass is 515 g/mol. The third-order valence-corrected chi connectivity index (χ3v) is 6.17. The van der Waals surface area contributed by atoms with Crippen LogP contribution >= 0.6 is 0 Å². The van der Waals surface area contributed by atoms with Crippen molar-refractivity contribution in [1.29, 1.82) is 0 Å². The zero-order valence-corrected chi connectivity index (χ0v) is 18.5. The van der Waals surface area contributed by atoms with E-state index in [0.29, 0.717) is 50.1 Å². The van der Waals surface area contributed by atoms with E-state index in [9.17, 15) is 31.1 Å². The van der Waals surface area contributed by atoms with Crippen LogP contribution in [0.1, 0.15) is 24.2 Å². The quantitative estimate of drug-likeness (QED) is 0.491. The van der Waals surface area contributed by atoms with E-state index >= 15 is 0 Å². The van der Waals surface area contributed by atoms with Crippen molar-refractivity contribution < 1.29 is 31.1 Å². The molecule has 0 radical (unpaired) electrons.